The van der Waals surface area contributed by atoms with Crippen molar-refractivity contribution in [3.8, 4) is 0 Å². The molecule has 0 aromatic carbocycles. The summed E-state index contributed by atoms with van der Waals surface area (Å²) < 4.78 is 18.5. The molecule has 0 radical (unpaired) electrons. The van der Waals surface area contributed by atoms with Crippen molar-refractivity contribution < 1.29 is 52.3 Å². The first-order valence-electron chi connectivity index (χ1n) is 25.1. The predicted molar refractivity (Wildman–Crippen MR) is 268 cm³/mol. The molecule has 2 aromatic rings. The van der Waals surface area contributed by atoms with E-state index in [4.69, 9.17) is 19.1 Å². The van der Waals surface area contributed by atoms with Crippen LogP contribution in [0.4, 0.5) is 0 Å². The van der Waals surface area contributed by atoms with Crippen LogP contribution >= 0.6 is 11.8 Å². The summed E-state index contributed by atoms with van der Waals surface area (Å²) in [5, 5.41) is 1.86. The summed E-state index contributed by atoms with van der Waals surface area (Å²) >= 11 is 1.33. The van der Waals surface area contributed by atoms with Gasteiger partial charge in [-0.2, -0.15) is 11.8 Å². The van der Waals surface area contributed by atoms with E-state index in [2.05, 4.69) is 95.5 Å². The lowest BCUT2D eigenvalue weighted by molar-refractivity contribution is -0.767. The molecule has 4 amide bonds. The Kier molecular flexibility index (Phi) is 16.1. The minimum Gasteiger partial charge on any atom is -0.466 e. The fourth-order valence-electron chi connectivity index (χ4n) is 10.6. The van der Waals surface area contributed by atoms with Gasteiger partial charge < -0.3 is 14.5 Å². The third-order valence-corrected chi connectivity index (χ3v) is 15.3. The van der Waals surface area contributed by atoms with Gasteiger partial charge in [0, 0.05) is 77.4 Å². The Morgan fingerprint density at radius 3 is 1.97 bits per heavy atom. The third-order valence-electron chi connectivity index (χ3n) is 14.4. The van der Waals surface area contributed by atoms with Crippen LogP contribution in [0.25, 0.3) is 18.2 Å². The number of hydroxylamine groups is 2. The Morgan fingerprint density at radius 1 is 0.729 bits per heavy atom. The molecule has 0 spiro atoms. The normalized spacial score (nSPS) is 18.7. The fourth-order valence-corrected chi connectivity index (χ4v) is 11.2. The van der Waals surface area contributed by atoms with E-state index in [9.17, 15) is 24.0 Å². The number of esters is 1. The molecule has 6 aliphatic heterocycles. The number of carbonyl (C=O) groups is 5. The number of unbranched alkanes of at least 4 members (excludes halogenated alkanes) is 2. The number of hydrogen-bond donors (Lipinski definition) is 3. The second-order valence-corrected chi connectivity index (χ2v) is 19.7. The zero-order valence-electron chi connectivity index (χ0n) is 42.1. The minimum atomic E-state index is -0.448. The lowest BCUT2D eigenvalue weighted by Gasteiger charge is -2.25. The van der Waals surface area contributed by atoms with Crippen LogP contribution in [0, 0.1) is 13.8 Å². The smallest absolute Gasteiger partial charge is 0.446 e. The molecule has 6 aliphatic rings. The molecule has 0 saturated carbocycles. The van der Waals surface area contributed by atoms with Gasteiger partial charge in [-0.05, 0) is 108 Å². The number of amides is 4. The number of imide groups is 1. The maximum atomic E-state index is 13.5. The number of allylic oxidation sites excluding steroid dienone is 5. The molecule has 17 heteroatoms. The average Bonchev–Trinajstić information content (AvgIpc) is 4.05. The van der Waals surface area contributed by atoms with Crippen molar-refractivity contribution in [2.45, 2.75) is 137 Å². The third kappa shape index (κ3) is 9.86. The standard InChI is InChI=1S/C53H67N7O9S/c1-9-12-14-35-31(4)39-26-44-36(15-13-10-2)32(5)42-28-46-38(17-19-51(64)67-11-3)34(7)43-29-45-37(33(6)41(27-40(35)54-39)58(45)53(59(42)44)60(43)46)16-18-48(61)55-68-24-22-66-23-25-69-56-49(62)20-21-57-50(63)30-47(70-8)52(57)65/h26-29,47,53H,9-25,30H2,1-8H3,(H-,55,56,61,62)/p+2. The van der Waals surface area contributed by atoms with E-state index in [1.165, 1.54) is 45.4 Å². The molecule has 2 unspecified atom stereocenters. The summed E-state index contributed by atoms with van der Waals surface area (Å²) in [6.45, 7) is 16.1. The van der Waals surface area contributed by atoms with Gasteiger partial charge >= 0.3 is 12.3 Å². The van der Waals surface area contributed by atoms with Crippen molar-refractivity contribution in [1.29, 1.82) is 0 Å². The number of H-pyrrole nitrogens is 1. The number of thioether (sulfide) groups is 1. The molecular formula is C53H69N7O9S+2. The number of aromatic amines is 1. The van der Waals surface area contributed by atoms with Gasteiger partial charge in [-0.3, -0.25) is 38.5 Å². The maximum Gasteiger partial charge on any atom is 0.446 e. The zero-order valence-corrected chi connectivity index (χ0v) is 42.9. The van der Waals surface area contributed by atoms with Crippen molar-refractivity contribution >= 4 is 71.0 Å². The van der Waals surface area contributed by atoms with E-state index >= 15 is 0 Å². The molecule has 70 heavy (non-hydrogen) atoms. The second-order valence-electron chi connectivity index (χ2n) is 18.6. The molecule has 1 saturated heterocycles. The van der Waals surface area contributed by atoms with Crippen molar-refractivity contribution in [1.82, 2.24) is 25.4 Å². The quantitative estimate of drug-likeness (QED) is 0.0398. The highest BCUT2D eigenvalue weighted by atomic mass is 32.2. The Labute approximate surface area is 414 Å². The zero-order chi connectivity index (χ0) is 49.8. The minimum absolute atomic E-state index is 0.00831. The lowest BCUT2D eigenvalue weighted by atomic mass is 9.97. The highest BCUT2D eigenvalue weighted by Gasteiger charge is 2.57. The van der Waals surface area contributed by atoms with Gasteiger partial charge in [-0.25, -0.2) is 15.5 Å². The molecule has 8 heterocycles. The number of nitrogens with one attached hydrogen (secondary N) is 3. The lowest BCUT2D eigenvalue weighted by Crippen LogP contribution is -2.42. The monoisotopic (exact) mass is 979 g/mol. The van der Waals surface area contributed by atoms with Crippen LogP contribution in [0.5, 0.6) is 0 Å². The first kappa shape index (κ1) is 50.8. The topological polar surface area (TPSA) is 176 Å². The van der Waals surface area contributed by atoms with Crippen LogP contribution in [-0.4, -0.2) is 116 Å². The number of rotatable bonds is 25. The number of fused-ring (bicyclic) bond motifs is 2. The SMILES string of the molecule is CCCCc1c(C)c2n3c1C=c1[nH]c(c(CCCC)c1C)=CC1=[N+]4C(=CC5=[N+](C(=C2)C(CCC(=O)OCC)=C5C)C34)C(CCC(=O)NOCCOCCONC(=O)CCN2C(=O)CC(SC)C2=O)=C1C. The van der Waals surface area contributed by atoms with Crippen molar-refractivity contribution in [3.63, 3.8) is 0 Å². The molecule has 2 aromatic heterocycles. The van der Waals surface area contributed by atoms with Gasteiger partial charge in [0.25, 0.3) is 0 Å². The van der Waals surface area contributed by atoms with Gasteiger partial charge in [0.1, 0.15) is 0 Å². The first-order valence-corrected chi connectivity index (χ1v) is 26.3. The molecule has 16 nitrogen and oxygen atoms in total. The summed E-state index contributed by atoms with van der Waals surface area (Å²) in [5.74, 6) is -1.44. The Morgan fingerprint density at radius 2 is 1.34 bits per heavy atom. The highest BCUT2D eigenvalue weighted by molar-refractivity contribution is 8.00. The van der Waals surface area contributed by atoms with Crippen molar-refractivity contribution in [3.05, 3.63) is 84.1 Å². The van der Waals surface area contributed by atoms with Gasteiger partial charge in [0.05, 0.1) is 55.7 Å². The van der Waals surface area contributed by atoms with Gasteiger partial charge in [-0.15, -0.1) is 9.15 Å². The maximum absolute atomic E-state index is 13.5. The Hall–Kier alpha value is -5.62. The number of aromatic nitrogens is 2. The number of nitrogens with zero attached hydrogens (tertiary/aromatic N) is 4. The van der Waals surface area contributed by atoms with Crippen LogP contribution in [0.3, 0.4) is 0 Å². The number of ether oxygens (including phenoxy) is 2. The summed E-state index contributed by atoms with van der Waals surface area (Å²) in [4.78, 5) is 78.6. The van der Waals surface area contributed by atoms with Gasteiger partial charge in [0.15, 0.2) is 0 Å². The Balaban J connectivity index is 0.988. The highest BCUT2D eigenvalue weighted by Crippen LogP contribution is 2.48. The molecule has 374 valence electrons. The van der Waals surface area contributed by atoms with E-state index in [1.54, 1.807) is 6.26 Å². The molecule has 2 bridgehead atoms. The fraction of sp³-hybridized carbons (Fsp3) is 0.528. The van der Waals surface area contributed by atoms with Crippen LogP contribution < -0.4 is 21.7 Å². The Bertz CT molecular complexity index is 2820. The molecule has 3 N–H and O–H groups in total. The molecule has 2 atom stereocenters. The van der Waals surface area contributed by atoms with Crippen LogP contribution in [0.15, 0.2) is 39.8 Å². The first-order chi connectivity index (χ1) is 33.8. The van der Waals surface area contributed by atoms with E-state index in [0.717, 1.165) is 99.2 Å². The summed E-state index contributed by atoms with van der Waals surface area (Å²) in [7, 11) is 0. The van der Waals surface area contributed by atoms with Gasteiger partial charge in [0.2, 0.25) is 46.4 Å². The number of likely N-dealkylation sites (tertiary alicyclic amines) is 1. The van der Waals surface area contributed by atoms with E-state index in [1.807, 2.05) is 6.92 Å². The second kappa shape index (κ2) is 22.2. The summed E-state index contributed by atoms with van der Waals surface area (Å²) in [6, 6.07) is 0. The molecular weight excluding hydrogens is 911 g/mol. The largest absolute Gasteiger partial charge is 0.466 e. The molecule has 8 rings (SSSR count). The van der Waals surface area contributed by atoms with Gasteiger partial charge in [-0.1, -0.05) is 26.7 Å². The number of carbonyl (C=O) groups excluding carboxylic acids is 5. The molecule has 1 fully saturated rings. The summed E-state index contributed by atoms with van der Waals surface area (Å²) in [6.07, 6.45) is 18.7. The van der Waals surface area contributed by atoms with E-state index in [-0.39, 0.29) is 87.5 Å². The molecule has 0 aliphatic carbocycles. The van der Waals surface area contributed by atoms with Crippen molar-refractivity contribution in [2.75, 3.05) is 45.8 Å². The summed E-state index contributed by atoms with van der Waals surface area (Å²) in [5.41, 5.74) is 21.4. The van der Waals surface area contributed by atoms with Crippen LogP contribution in [0.2, 0.25) is 0 Å². The average molecular weight is 980 g/mol. The van der Waals surface area contributed by atoms with Crippen molar-refractivity contribution in [2.24, 2.45) is 0 Å². The van der Waals surface area contributed by atoms with Crippen LogP contribution in [-0.2, 0) is 56.0 Å². The number of hydrogen-bond acceptors (Lipinski definition) is 10. The van der Waals surface area contributed by atoms with E-state index < -0.39 is 5.91 Å². The predicted octanol–water partition coefficient (Wildman–Crippen LogP) is 5.13. The van der Waals surface area contributed by atoms with E-state index in [0.29, 0.717) is 25.9 Å². The van der Waals surface area contributed by atoms with Crippen LogP contribution in [0.1, 0.15) is 139 Å².